The highest BCUT2D eigenvalue weighted by Gasteiger charge is 2.54. The van der Waals surface area contributed by atoms with Crippen LogP contribution in [0.15, 0.2) is 30.3 Å². The molecule has 1 aromatic rings. The summed E-state index contributed by atoms with van der Waals surface area (Å²) in [7, 11) is 0. The zero-order chi connectivity index (χ0) is 18.1. The van der Waals surface area contributed by atoms with Gasteiger partial charge in [0, 0.05) is 5.41 Å². The van der Waals surface area contributed by atoms with Gasteiger partial charge >= 0.3 is 5.97 Å². The minimum absolute atomic E-state index is 0.0173. The monoisotopic (exact) mass is 355 g/mol. The molecule has 0 unspecified atom stereocenters. The van der Waals surface area contributed by atoms with Crippen molar-refractivity contribution in [3.63, 3.8) is 0 Å². The van der Waals surface area contributed by atoms with Gasteiger partial charge in [0.05, 0.1) is 0 Å². The number of aliphatic carboxylic acids is 1. The Hall–Kier alpha value is -1.84. The zero-order valence-corrected chi connectivity index (χ0v) is 15.3. The first kappa shape index (κ1) is 17.6. The number of carbonyl (C=O) groups is 2. The molecule has 1 amide bonds. The molecule has 0 heterocycles. The van der Waals surface area contributed by atoms with Crippen molar-refractivity contribution in [2.24, 2.45) is 23.2 Å². The van der Waals surface area contributed by atoms with Gasteiger partial charge in [-0.3, -0.25) is 4.79 Å². The SMILES string of the molecule is O=C(O)[C@@H](CCCc1ccccc1)NC(=O)C12CC3CC(CC(C3)C1)C2. The molecule has 0 spiro atoms. The predicted molar refractivity (Wildman–Crippen MR) is 99.6 cm³/mol. The molecular formula is C22H29NO3. The largest absolute Gasteiger partial charge is 0.480 e. The highest BCUT2D eigenvalue weighted by atomic mass is 16.4. The van der Waals surface area contributed by atoms with Gasteiger partial charge in [0.2, 0.25) is 5.91 Å². The third-order valence-corrected chi connectivity index (χ3v) is 6.92. The molecule has 0 saturated heterocycles. The Morgan fingerprint density at radius 1 is 1.04 bits per heavy atom. The van der Waals surface area contributed by atoms with Crippen LogP contribution in [0, 0.1) is 23.2 Å². The van der Waals surface area contributed by atoms with Gasteiger partial charge < -0.3 is 10.4 Å². The highest BCUT2D eigenvalue weighted by molar-refractivity contribution is 5.87. The molecule has 0 radical (unpaired) electrons. The molecule has 0 aliphatic heterocycles. The van der Waals surface area contributed by atoms with E-state index < -0.39 is 12.0 Å². The van der Waals surface area contributed by atoms with E-state index in [0.29, 0.717) is 24.2 Å². The number of carboxylic acids is 1. The van der Waals surface area contributed by atoms with Gasteiger partial charge in [0.15, 0.2) is 0 Å². The second-order valence-corrected chi connectivity index (χ2v) is 8.94. The predicted octanol–water partition coefficient (Wildman–Crippen LogP) is 3.80. The standard InChI is InChI=1S/C22H29NO3/c24-20(25)19(8-4-7-15-5-2-1-3-6-15)23-21(26)22-12-16-9-17(13-22)11-18(10-16)14-22/h1-3,5-6,16-19H,4,7-14H2,(H,23,26)(H,24,25)/t16?,17?,18?,19-,22?/m1/s1. The van der Waals surface area contributed by atoms with E-state index in [1.807, 2.05) is 18.2 Å². The van der Waals surface area contributed by atoms with Crippen molar-refractivity contribution in [3.05, 3.63) is 35.9 Å². The van der Waals surface area contributed by atoms with E-state index in [4.69, 9.17) is 0 Å². The summed E-state index contributed by atoms with van der Waals surface area (Å²) in [5, 5.41) is 12.5. The summed E-state index contributed by atoms with van der Waals surface area (Å²) in [6, 6.07) is 9.33. The van der Waals surface area contributed by atoms with Gasteiger partial charge in [0.25, 0.3) is 0 Å². The first-order valence-electron chi connectivity index (χ1n) is 10.1. The van der Waals surface area contributed by atoms with Crippen molar-refractivity contribution >= 4 is 11.9 Å². The van der Waals surface area contributed by atoms with Crippen molar-refractivity contribution < 1.29 is 14.7 Å². The maximum absolute atomic E-state index is 13.1. The summed E-state index contributed by atoms with van der Waals surface area (Å²) in [6.45, 7) is 0. The molecule has 4 bridgehead atoms. The van der Waals surface area contributed by atoms with E-state index in [-0.39, 0.29) is 11.3 Å². The van der Waals surface area contributed by atoms with Crippen LogP contribution in [0.25, 0.3) is 0 Å². The van der Waals surface area contributed by atoms with Gasteiger partial charge in [-0.05, 0) is 81.1 Å². The average Bonchev–Trinajstić information content (AvgIpc) is 2.60. The topological polar surface area (TPSA) is 66.4 Å². The summed E-state index contributed by atoms with van der Waals surface area (Å²) < 4.78 is 0. The number of nitrogens with one attached hydrogen (secondary N) is 1. The van der Waals surface area contributed by atoms with Gasteiger partial charge in [-0.15, -0.1) is 0 Å². The normalized spacial score (nSPS) is 33.0. The lowest BCUT2D eigenvalue weighted by Crippen LogP contribution is -2.56. The lowest BCUT2D eigenvalue weighted by molar-refractivity contribution is -0.151. The maximum atomic E-state index is 13.1. The number of hydrogen-bond donors (Lipinski definition) is 2. The van der Waals surface area contributed by atoms with Crippen LogP contribution in [-0.4, -0.2) is 23.0 Å². The summed E-state index contributed by atoms with van der Waals surface area (Å²) in [4.78, 5) is 24.8. The highest BCUT2D eigenvalue weighted by Crippen LogP contribution is 2.60. The molecule has 2 N–H and O–H groups in total. The molecule has 26 heavy (non-hydrogen) atoms. The smallest absolute Gasteiger partial charge is 0.326 e. The second kappa shape index (κ2) is 7.05. The molecule has 1 aromatic carbocycles. The van der Waals surface area contributed by atoms with Gasteiger partial charge in [-0.25, -0.2) is 4.79 Å². The van der Waals surface area contributed by atoms with E-state index in [0.717, 1.165) is 32.1 Å². The molecule has 1 atom stereocenters. The van der Waals surface area contributed by atoms with Crippen molar-refractivity contribution in [2.75, 3.05) is 0 Å². The molecule has 4 saturated carbocycles. The van der Waals surface area contributed by atoms with E-state index in [9.17, 15) is 14.7 Å². The van der Waals surface area contributed by atoms with Crippen LogP contribution >= 0.6 is 0 Å². The van der Waals surface area contributed by atoms with Crippen LogP contribution in [0.3, 0.4) is 0 Å². The Bertz CT molecular complexity index is 634. The molecule has 4 fully saturated rings. The first-order valence-corrected chi connectivity index (χ1v) is 10.1. The Morgan fingerprint density at radius 3 is 2.15 bits per heavy atom. The Labute approximate surface area is 155 Å². The molecular weight excluding hydrogens is 326 g/mol. The van der Waals surface area contributed by atoms with Crippen LogP contribution in [0.1, 0.15) is 56.9 Å². The number of carbonyl (C=O) groups excluding carboxylic acids is 1. The Kier molecular flexibility index (Phi) is 4.76. The minimum Gasteiger partial charge on any atom is -0.480 e. The molecule has 4 nitrogen and oxygen atoms in total. The van der Waals surface area contributed by atoms with Crippen LogP contribution < -0.4 is 5.32 Å². The molecule has 4 aliphatic carbocycles. The van der Waals surface area contributed by atoms with Gasteiger partial charge in [-0.2, -0.15) is 0 Å². The third kappa shape index (κ3) is 3.51. The number of aryl methyl sites for hydroxylation is 1. The fourth-order valence-electron chi connectivity index (χ4n) is 6.11. The van der Waals surface area contributed by atoms with E-state index in [1.54, 1.807) is 0 Å². The molecule has 4 aliphatic rings. The maximum Gasteiger partial charge on any atom is 0.326 e. The third-order valence-electron chi connectivity index (χ3n) is 6.92. The van der Waals surface area contributed by atoms with Crippen molar-refractivity contribution in [1.82, 2.24) is 5.32 Å². The Morgan fingerprint density at radius 2 is 1.62 bits per heavy atom. The zero-order valence-electron chi connectivity index (χ0n) is 15.3. The van der Waals surface area contributed by atoms with Crippen molar-refractivity contribution in [2.45, 2.75) is 63.8 Å². The van der Waals surface area contributed by atoms with Crippen molar-refractivity contribution in [3.8, 4) is 0 Å². The van der Waals surface area contributed by atoms with E-state index in [2.05, 4.69) is 17.4 Å². The van der Waals surface area contributed by atoms with Crippen molar-refractivity contribution in [1.29, 1.82) is 0 Å². The number of hydrogen-bond acceptors (Lipinski definition) is 2. The second-order valence-electron chi connectivity index (χ2n) is 8.94. The number of rotatable bonds is 7. The van der Waals surface area contributed by atoms with E-state index >= 15 is 0 Å². The summed E-state index contributed by atoms with van der Waals surface area (Å²) >= 11 is 0. The Balaban J connectivity index is 1.36. The molecule has 5 rings (SSSR count). The quantitative estimate of drug-likeness (QED) is 0.782. The van der Waals surface area contributed by atoms with E-state index in [1.165, 1.54) is 24.8 Å². The number of carboxylic acid groups (broad SMARTS) is 1. The summed E-state index contributed by atoms with van der Waals surface area (Å²) in [5.41, 5.74) is 0.936. The van der Waals surface area contributed by atoms with Crippen LogP contribution in [0.4, 0.5) is 0 Å². The summed E-state index contributed by atoms with van der Waals surface area (Å²) in [6.07, 6.45) is 8.87. The first-order chi connectivity index (χ1) is 12.5. The lowest BCUT2D eigenvalue weighted by Gasteiger charge is -2.55. The average molecular weight is 355 g/mol. The molecule has 4 heteroatoms. The summed E-state index contributed by atoms with van der Waals surface area (Å²) in [5.74, 6) is 1.18. The number of benzene rings is 1. The lowest BCUT2D eigenvalue weighted by atomic mass is 9.49. The van der Waals surface area contributed by atoms with Crippen LogP contribution in [-0.2, 0) is 16.0 Å². The van der Waals surface area contributed by atoms with Gasteiger partial charge in [0.1, 0.15) is 6.04 Å². The molecule has 140 valence electrons. The van der Waals surface area contributed by atoms with Crippen LogP contribution in [0.2, 0.25) is 0 Å². The van der Waals surface area contributed by atoms with Crippen LogP contribution in [0.5, 0.6) is 0 Å². The fourth-order valence-corrected chi connectivity index (χ4v) is 6.11. The number of amides is 1. The van der Waals surface area contributed by atoms with Gasteiger partial charge in [-0.1, -0.05) is 30.3 Å². The molecule has 0 aromatic heterocycles. The fraction of sp³-hybridized carbons (Fsp3) is 0.636. The minimum atomic E-state index is -0.906.